The second-order valence-corrected chi connectivity index (χ2v) is 6.44. The van der Waals surface area contributed by atoms with Crippen LogP contribution in [0.1, 0.15) is 32.7 Å². The van der Waals surface area contributed by atoms with Crippen LogP contribution in [0.2, 0.25) is 0 Å². The van der Waals surface area contributed by atoms with Gasteiger partial charge < -0.3 is 10.6 Å². The minimum absolute atomic E-state index is 0.226. The van der Waals surface area contributed by atoms with Crippen molar-refractivity contribution in [2.24, 2.45) is 0 Å². The molecular formula is C21H22N4O. The number of hydrogen-bond acceptors (Lipinski definition) is 4. The second kappa shape index (κ2) is 7.78. The molecule has 3 aromatic rings. The van der Waals surface area contributed by atoms with Crippen molar-refractivity contribution in [3.05, 3.63) is 82.7 Å². The molecule has 1 amide bonds. The lowest BCUT2D eigenvalue weighted by Crippen LogP contribution is -2.24. The summed E-state index contributed by atoms with van der Waals surface area (Å²) in [6.07, 6.45) is 1.58. The van der Waals surface area contributed by atoms with Gasteiger partial charge in [0.1, 0.15) is 5.69 Å². The quantitative estimate of drug-likeness (QED) is 0.731. The number of carbonyl (C=O) groups is 1. The first-order valence-electron chi connectivity index (χ1n) is 8.52. The Balaban J connectivity index is 1.67. The molecule has 2 N–H and O–H groups in total. The van der Waals surface area contributed by atoms with Gasteiger partial charge >= 0.3 is 0 Å². The van der Waals surface area contributed by atoms with Gasteiger partial charge in [-0.05, 0) is 55.7 Å². The van der Waals surface area contributed by atoms with Crippen LogP contribution in [-0.4, -0.2) is 15.9 Å². The van der Waals surface area contributed by atoms with Gasteiger partial charge in [-0.15, -0.1) is 0 Å². The van der Waals surface area contributed by atoms with E-state index in [1.165, 1.54) is 5.56 Å². The molecule has 2 aromatic carbocycles. The fourth-order valence-corrected chi connectivity index (χ4v) is 2.70. The Labute approximate surface area is 153 Å². The first kappa shape index (κ1) is 17.6. The van der Waals surface area contributed by atoms with E-state index in [9.17, 15) is 4.79 Å². The molecule has 0 bridgehead atoms. The van der Waals surface area contributed by atoms with E-state index in [4.69, 9.17) is 0 Å². The number of hydrogen-bond donors (Lipinski definition) is 2. The lowest BCUT2D eigenvalue weighted by molar-refractivity contribution is 0.0946. The zero-order valence-electron chi connectivity index (χ0n) is 15.2. The van der Waals surface area contributed by atoms with E-state index < -0.39 is 0 Å². The molecule has 0 saturated heterocycles. The van der Waals surface area contributed by atoms with Gasteiger partial charge in [-0.3, -0.25) is 4.79 Å². The van der Waals surface area contributed by atoms with Crippen LogP contribution in [0.4, 0.5) is 11.6 Å². The highest BCUT2D eigenvalue weighted by molar-refractivity contribution is 5.92. The Morgan fingerprint density at radius 3 is 2.31 bits per heavy atom. The van der Waals surface area contributed by atoms with Crippen molar-refractivity contribution in [2.75, 3.05) is 5.32 Å². The highest BCUT2D eigenvalue weighted by Gasteiger charge is 2.09. The van der Waals surface area contributed by atoms with Gasteiger partial charge in [0.15, 0.2) is 0 Å². The Morgan fingerprint density at radius 2 is 1.62 bits per heavy atom. The molecule has 0 radical (unpaired) electrons. The molecule has 1 aromatic heterocycles. The molecule has 0 fully saturated rings. The Hall–Kier alpha value is -3.21. The van der Waals surface area contributed by atoms with E-state index in [0.29, 0.717) is 18.2 Å². The first-order valence-corrected chi connectivity index (χ1v) is 8.52. The van der Waals surface area contributed by atoms with Crippen molar-refractivity contribution in [1.82, 2.24) is 15.3 Å². The third-order valence-corrected chi connectivity index (χ3v) is 3.94. The number of nitrogens with zero attached hydrogens (tertiary/aromatic N) is 2. The molecule has 132 valence electrons. The number of aryl methyl sites for hydroxylation is 3. The summed E-state index contributed by atoms with van der Waals surface area (Å²) in [5.41, 5.74) is 5.78. The fourth-order valence-electron chi connectivity index (χ4n) is 2.70. The summed E-state index contributed by atoms with van der Waals surface area (Å²) in [7, 11) is 0. The van der Waals surface area contributed by atoms with Crippen molar-refractivity contribution >= 4 is 17.5 Å². The van der Waals surface area contributed by atoms with E-state index in [1.54, 1.807) is 12.3 Å². The predicted molar refractivity (Wildman–Crippen MR) is 104 cm³/mol. The molecule has 0 atom stereocenters. The van der Waals surface area contributed by atoms with Crippen LogP contribution in [0.3, 0.4) is 0 Å². The molecule has 0 aliphatic carbocycles. The van der Waals surface area contributed by atoms with Gasteiger partial charge in [-0.1, -0.05) is 35.9 Å². The average molecular weight is 346 g/mol. The van der Waals surface area contributed by atoms with Crippen LogP contribution in [-0.2, 0) is 6.54 Å². The van der Waals surface area contributed by atoms with Gasteiger partial charge in [0.2, 0.25) is 5.95 Å². The van der Waals surface area contributed by atoms with E-state index in [0.717, 1.165) is 22.4 Å². The first-order chi connectivity index (χ1) is 12.5. The van der Waals surface area contributed by atoms with Gasteiger partial charge in [0.25, 0.3) is 5.91 Å². The number of benzene rings is 2. The average Bonchev–Trinajstić information content (AvgIpc) is 2.60. The highest BCUT2D eigenvalue weighted by Crippen LogP contribution is 2.17. The summed E-state index contributed by atoms with van der Waals surface area (Å²) in [4.78, 5) is 20.9. The van der Waals surface area contributed by atoms with E-state index in [2.05, 4.69) is 26.7 Å². The molecule has 5 heteroatoms. The largest absolute Gasteiger partial charge is 0.347 e. The molecule has 0 saturated carbocycles. The van der Waals surface area contributed by atoms with Crippen molar-refractivity contribution in [3.8, 4) is 0 Å². The maximum absolute atomic E-state index is 12.4. The fraction of sp³-hybridized carbons (Fsp3) is 0.190. The predicted octanol–water partition coefficient (Wildman–Crippen LogP) is 4.08. The third-order valence-electron chi connectivity index (χ3n) is 3.94. The van der Waals surface area contributed by atoms with E-state index in [1.807, 2.05) is 57.2 Å². The maximum atomic E-state index is 12.4. The summed E-state index contributed by atoms with van der Waals surface area (Å²) in [5, 5.41) is 6.05. The lowest BCUT2D eigenvalue weighted by Gasteiger charge is -2.09. The molecular weight excluding hydrogens is 324 g/mol. The standard InChI is InChI=1S/C21H22N4O/c1-14-4-6-17(7-5-14)13-23-20(26)19-8-9-22-21(25-19)24-18-11-15(2)10-16(3)12-18/h4-12H,13H2,1-3H3,(H,23,26)(H,22,24,25). The van der Waals surface area contributed by atoms with Crippen molar-refractivity contribution in [1.29, 1.82) is 0 Å². The Bertz CT molecular complexity index is 899. The second-order valence-electron chi connectivity index (χ2n) is 6.44. The van der Waals surface area contributed by atoms with Crippen molar-refractivity contribution in [2.45, 2.75) is 27.3 Å². The normalized spacial score (nSPS) is 10.4. The molecule has 0 unspecified atom stereocenters. The number of anilines is 2. The molecule has 3 rings (SSSR count). The van der Waals surface area contributed by atoms with Crippen molar-refractivity contribution < 1.29 is 4.79 Å². The summed E-state index contributed by atoms with van der Waals surface area (Å²) < 4.78 is 0. The molecule has 26 heavy (non-hydrogen) atoms. The molecule has 0 aliphatic rings. The number of amides is 1. The molecule has 5 nitrogen and oxygen atoms in total. The van der Waals surface area contributed by atoms with Gasteiger partial charge in [-0.25, -0.2) is 9.97 Å². The van der Waals surface area contributed by atoms with Crippen LogP contribution < -0.4 is 10.6 Å². The van der Waals surface area contributed by atoms with E-state index in [-0.39, 0.29) is 5.91 Å². The number of carbonyl (C=O) groups excluding carboxylic acids is 1. The number of nitrogens with one attached hydrogen (secondary N) is 2. The summed E-state index contributed by atoms with van der Waals surface area (Å²) in [6.45, 7) is 6.57. The van der Waals surface area contributed by atoms with Crippen LogP contribution >= 0.6 is 0 Å². The maximum Gasteiger partial charge on any atom is 0.270 e. The SMILES string of the molecule is Cc1ccc(CNC(=O)c2ccnc(Nc3cc(C)cc(C)c3)n2)cc1. The molecule has 0 spiro atoms. The monoisotopic (exact) mass is 346 g/mol. The zero-order chi connectivity index (χ0) is 18.5. The highest BCUT2D eigenvalue weighted by atomic mass is 16.1. The van der Waals surface area contributed by atoms with Crippen molar-refractivity contribution in [3.63, 3.8) is 0 Å². The van der Waals surface area contributed by atoms with Crippen LogP contribution in [0, 0.1) is 20.8 Å². The van der Waals surface area contributed by atoms with Crippen LogP contribution in [0.25, 0.3) is 0 Å². The summed E-state index contributed by atoms with van der Waals surface area (Å²) in [6, 6.07) is 15.8. The molecule has 0 aliphatic heterocycles. The van der Waals surface area contributed by atoms with Gasteiger partial charge in [0.05, 0.1) is 0 Å². The number of aromatic nitrogens is 2. The van der Waals surface area contributed by atoms with Crippen LogP contribution in [0.5, 0.6) is 0 Å². The number of rotatable bonds is 5. The topological polar surface area (TPSA) is 66.9 Å². The minimum atomic E-state index is -0.226. The smallest absolute Gasteiger partial charge is 0.270 e. The zero-order valence-corrected chi connectivity index (χ0v) is 15.2. The van der Waals surface area contributed by atoms with Crippen LogP contribution in [0.15, 0.2) is 54.7 Å². The lowest BCUT2D eigenvalue weighted by atomic mass is 10.1. The minimum Gasteiger partial charge on any atom is -0.347 e. The molecule has 1 heterocycles. The van der Waals surface area contributed by atoms with Gasteiger partial charge in [0, 0.05) is 18.4 Å². The summed E-state index contributed by atoms with van der Waals surface area (Å²) >= 11 is 0. The Kier molecular flexibility index (Phi) is 5.27. The van der Waals surface area contributed by atoms with Gasteiger partial charge in [-0.2, -0.15) is 0 Å². The Morgan fingerprint density at radius 1 is 0.923 bits per heavy atom. The third kappa shape index (κ3) is 4.66. The summed E-state index contributed by atoms with van der Waals surface area (Å²) in [5.74, 6) is 0.175. The van der Waals surface area contributed by atoms with E-state index >= 15 is 0 Å².